The van der Waals surface area contributed by atoms with E-state index in [4.69, 9.17) is 9.47 Å². The zero-order valence-electron chi connectivity index (χ0n) is 18.3. The summed E-state index contributed by atoms with van der Waals surface area (Å²) in [4.78, 5) is 35.8. The fourth-order valence-electron chi connectivity index (χ4n) is 3.52. The third-order valence-corrected chi connectivity index (χ3v) is 6.27. The van der Waals surface area contributed by atoms with Gasteiger partial charge >= 0.3 is 0 Å². The molecule has 166 valence electrons. The van der Waals surface area contributed by atoms with Crippen LogP contribution in [-0.4, -0.2) is 25.1 Å². The number of amides is 1. The molecule has 1 amide bonds. The molecule has 4 rings (SSSR count). The number of ether oxygens (including phenoxy) is 2. The predicted octanol–water partition coefficient (Wildman–Crippen LogP) is 5.69. The Morgan fingerprint density at radius 1 is 0.939 bits per heavy atom. The van der Waals surface area contributed by atoms with Crippen molar-refractivity contribution in [1.29, 1.82) is 0 Å². The van der Waals surface area contributed by atoms with Crippen LogP contribution in [0.1, 0.15) is 26.4 Å². The van der Waals surface area contributed by atoms with Crippen LogP contribution in [0.15, 0.2) is 60.7 Å². The number of nitrogens with one attached hydrogen (secondary N) is 1. The van der Waals surface area contributed by atoms with Crippen molar-refractivity contribution in [1.82, 2.24) is 0 Å². The van der Waals surface area contributed by atoms with Gasteiger partial charge in [0.2, 0.25) is 12.1 Å². The van der Waals surface area contributed by atoms with E-state index in [2.05, 4.69) is 5.32 Å². The van der Waals surface area contributed by atoms with E-state index < -0.39 is 5.91 Å². The van der Waals surface area contributed by atoms with Gasteiger partial charge in [0.05, 0.1) is 7.11 Å². The molecule has 0 bridgehead atoms. The van der Waals surface area contributed by atoms with Crippen LogP contribution in [0.5, 0.6) is 17.2 Å². The van der Waals surface area contributed by atoms with Crippen molar-refractivity contribution >= 4 is 45.1 Å². The van der Waals surface area contributed by atoms with E-state index in [9.17, 15) is 14.4 Å². The third kappa shape index (κ3) is 4.63. The molecule has 33 heavy (non-hydrogen) atoms. The highest BCUT2D eigenvalue weighted by Gasteiger charge is 2.23. The van der Waals surface area contributed by atoms with Crippen molar-refractivity contribution in [3.8, 4) is 17.2 Å². The summed E-state index contributed by atoms with van der Waals surface area (Å²) in [6.07, 6.45) is 0.209. The second-order valence-electron chi connectivity index (χ2n) is 7.50. The molecular weight excluding hydrogens is 438 g/mol. The zero-order valence-corrected chi connectivity index (χ0v) is 19.1. The first-order valence-electron chi connectivity index (χ1n) is 10.2. The molecule has 0 aliphatic rings. The smallest absolute Gasteiger partial charge is 0.288 e. The zero-order chi connectivity index (χ0) is 23.5. The molecule has 4 aromatic rings. The van der Waals surface area contributed by atoms with Crippen molar-refractivity contribution in [3.05, 3.63) is 82.2 Å². The number of rotatable bonds is 7. The van der Waals surface area contributed by atoms with Crippen LogP contribution >= 0.6 is 11.3 Å². The van der Waals surface area contributed by atoms with Crippen LogP contribution in [-0.2, 0) is 9.59 Å². The number of carbonyl (C=O) groups is 3. The molecule has 7 heteroatoms. The average Bonchev–Trinajstić information content (AvgIpc) is 3.17. The first-order valence-corrected chi connectivity index (χ1v) is 11.0. The Morgan fingerprint density at radius 3 is 2.33 bits per heavy atom. The molecule has 0 fully saturated rings. The molecule has 3 aromatic carbocycles. The molecule has 0 saturated heterocycles. The van der Waals surface area contributed by atoms with Crippen LogP contribution in [0.2, 0.25) is 0 Å². The van der Waals surface area contributed by atoms with Gasteiger partial charge in [-0.3, -0.25) is 14.4 Å². The van der Waals surface area contributed by atoms with E-state index in [1.165, 1.54) is 11.3 Å². The molecule has 0 radical (unpaired) electrons. The van der Waals surface area contributed by atoms with E-state index >= 15 is 0 Å². The highest BCUT2D eigenvalue weighted by atomic mass is 32.1. The quantitative estimate of drug-likeness (QED) is 0.218. The van der Waals surface area contributed by atoms with Crippen LogP contribution in [0.4, 0.5) is 5.69 Å². The van der Waals surface area contributed by atoms with Gasteiger partial charge < -0.3 is 14.8 Å². The number of ketones is 1. The topological polar surface area (TPSA) is 81.7 Å². The average molecular weight is 460 g/mol. The fourth-order valence-corrected chi connectivity index (χ4v) is 4.63. The van der Waals surface area contributed by atoms with Gasteiger partial charge in [-0.15, -0.1) is 11.3 Å². The first kappa shape index (κ1) is 22.2. The summed E-state index contributed by atoms with van der Waals surface area (Å²) in [6, 6.07) is 17.9. The summed E-state index contributed by atoms with van der Waals surface area (Å²) >= 11 is 1.35. The number of benzene rings is 3. The molecule has 0 unspecified atom stereocenters. The Hall–Kier alpha value is -3.97. The Bertz CT molecular complexity index is 1370. The lowest BCUT2D eigenvalue weighted by atomic mass is 10.0. The minimum atomic E-state index is -0.734. The maximum Gasteiger partial charge on any atom is 0.288 e. The summed E-state index contributed by atoms with van der Waals surface area (Å²) in [7, 11) is 1.60. The molecule has 1 N–H and O–H groups in total. The summed E-state index contributed by atoms with van der Waals surface area (Å²) in [6.45, 7) is 3.91. The molecule has 1 heterocycles. The van der Waals surface area contributed by atoms with E-state index in [-0.39, 0.29) is 12.1 Å². The summed E-state index contributed by atoms with van der Waals surface area (Å²) in [5.41, 5.74) is 3.07. The number of methoxy groups -OCH3 is 1. The second kappa shape index (κ2) is 9.26. The van der Waals surface area contributed by atoms with Gasteiger partial charge in [0, 0.05) is 21.3 Å². The SMILES string of the molecule is COc1ccc2c(Oc3ccc(NC(=O)C=O)cc3)c(C(=O)c3ccc(C)cc3C)sc2c1. The number of thiophene rings is 1. The number of hydrogen-bond acceptors (Lipinski definition) is 6. The van der Waals surface area contributed by atoms with Crippen molar-refractivity contribution in [2.45, 2.75) is 13.8 Å². The lowest BCUT2D eigenvalue weighted by Crippen LogP contribution is -2.11. The van der Waals surface area contributed by atoms with Gasteiger partial charge in [0.1, 0.15) is 16.4 Å². The minimum Gasteiger partial charge on any atom is -0.497 e. The number of hydrogen-bond donors (Lipinski definition) is 1. The lowest BCUT2D eigenvalue weighted by Gasteiger charge is -2.10. The Labute approximate surface area is 194 Å². The molecule has 0 aliphatic heterocycles. The van der Waals surface area contributed by atoms with Gasteiger partial charge in [0.25, 0.3) is 5.91 Å². The Kier molecular flexibility index (Phi) is 6.24. The van der Waals surface area contributed by atoms with Gasteiger partial charge in [-0.2, -0.15) is 0 Å². The van der Waals surface area contributed by atoms with Gasteiger partial charge in [-0.1, -0.05) is 23.8 Å². The fraction of sp³-hybridized carbons (Fsp3) is 0.115. The Morgan fingerprint density at radius 2 is 1.67 bits per heavy atom. The van der Waals surface area contributed by atoms with Crippen molar-refractivity contribution in [3.63, 3.8) is 0 Å². The van der Waals surface area contributed by atoms with E-state index in [1.807, 2.05) is 50.2 Å². The molecule has 0 saturated carbocycles. The summed E-state index contributed by atoms with van der Waals surface area (Å²) in [5, 5.41) is 3.25. The summed E-state index contributed by atoms with van der Waals surface area (Å²) in [5.74, 6) is 0.799. The lowest BCUT2D eigenvalue weighted by molar-refractivity contribution is -0.127. The van der Waals surface area contributed by atoms with Crippen molar-refractivity contribution in [2.24, 2.45) is 0 Å². The van der Waals surface area contributed by atoms with Crippen LogP contribution in [0.3, 0.4) is 0 Å². The molecule has 6 nitrogen and oxygen atoms in total. The normalized spacial score (nSPS) is 10.6. The van der Waals surface area contributed by atoms with Gasteiger partial charge in [0.15, 0.2) is 5.75 Å². The third-order valence-electron chi connectivity index (χ3n) is 5.13. The maximum atomic E-state index is 13.5. The number of aryl methyl sites for hydroxylation is 2. The van der Waals surface area contributed by atoms with E-state index in [0.717, 1.165) is 21.2 Å². The van der Waals surface area contributed by atoms with Crippen LogP contribution in [0.25, 0.3) is 10.1 Å². The van der Waals surface area contributed by atoms with Gasteiger partial charge in [-0.05, 0) is 61.9 Å². The van der Waals surface area contributed by atoms with Crippen LogP contribution in [0, 0.1) is 13.8 Å². The van der Waals surface area contributed by atoms with Crippen LogP contribution < -0.4 is 14.8 Å². The van der Waals surface area contributed by atoms with Crippen molar-refractivity contribution < 1.29 is 23.9 Å². The predicted molar refractivity (Wildman–Crippen MR) is 129 cm³/mol. The molecule has 0 aliphatic carbocycles. The number of fused-ring (bicyclic) bond motifs is 1. The van der Waals surface area contributed by atoms with E-state index in [0.29, 0.717) is 33.4 Å². The highest BCUT2D eigenvalue weighted by molar-refractivity contribution is 7.21. The number of anilines is 1. The molecular formula is C26H21NO5S. The first-order chi connectivity index (χ1) is 15.9. The van der Waals surface area contributed by atoms with Crippen molar-refractivity contribution in [2.75, 3.05) is 12.4 Å². The largest absolute Gasteiger partial charge is 0.497 e. The maximum absolute atomic E-state index is 13.5. The number of aldehydes is 1. The Balaban J connectivity index is 1.76. The molecule has 0 atom stereocenters. The van der Waals surface area contributed by atoms with E-state index in [1.54, 1.807) is 31.4 Å². The second-order valence-corrected chi connectivity index (χ2v) is 8.56. The highest BCUT2D eigenvalue weighted by Crippen LogP contribution is 2.43. The summed E-state index contributed by atoms with van der Waals surface area (Å²) < 4.78 is 12.4. The molecule has 0 spiro atoms. The monoisotopic (exact) mass is 459 g/mol. The minimum absolute atomic E-state index is 0.113. The number of carbonyl (C=O) groups excluding carboxylic acids is 3. The molecule has 1 aromatic heterocycles. The standard InChI is InChI=1S/C26H21NO5S/c1-15-4-10-20(16(2)12-15)24(30)26-25(21-11-9-19(31-3)13-22(21)33-26)32-18-7-5-17(6-8-18)27-23(29)14-28/h4-14H,1-3H3,(H,27,29). The van der Waals surface area contributed by atoms with Gasteiger partial charge in [-0.25, -0.2) is 0 Å².